The van der Waals surface area contributed by atoms with Crippen LogP contribution in [0.5, 0.6) is 17.4 Å². The zero-order chi connectivity index (χ0) is 20.7. The molecule has 0 spiro atoms. The van der Waals surface area contributed by atoms with Crippen molar-refractivity contribution in [1.29, 1.82) is 0 Å². The number of nitrogens with one attached hydrogen (secondary N) is 2. The van der Waals surface area contributed by atoms with Crippen LogP contribution in [0, 0.1) is 0 Å². The van der Waals surface area contributed by atoms with Gasteiger partial charge in [0.05, 0.1) is 6.61 Å². The molecular formula is C22H33IN4O3. The van der Waals surface area contributed by atoms with Gasteiger partial charge >= 0.3 is 0 Å². The van der Waals surface area contributed by atoms with Crippen LogP contribution in [0.25, 0.3) is 0 Å². The molecule has 166 valence electrons. The summed E-state index contributed by atoms with van der Waals surface area (Å²) < 4.78 is 16.8. The number of hydrogen-bond donors (Lipinski definition) is 2. The maximum atomic E-state index is 5.85. The molecule has 2 aromatic rings. The van der Waals surface area contributed by atoms with Gasteiger partial charge in [0.1, 0.15) is 0 Å². The van der Waals surface area contributed by atoms with Crippen LogP contribution < -0.4 is 20.1 Å². The van der Waals surface area contributed by atoms with E-state index in [1.807, 2.05) is 50.2 Å². The van der Waals surface area contributed by atoms with Crippen LogP contribution in [0.15, 0.2) is 47.6 Å². The quantitative estimate of drug-likeness (QED) is 0.185. The molecule has 2 rings (SSSR count). The van der Waals surface area contributed by atoms with E-state index in [4.69, 9.17) is 14.2 Å². The van der Waals surface area contributed by atoms with E-state index < -0.39 is 0 Å². The second-order valence-electron chi connectivity index (χ2n) is 6.24. The van der Waals surface area contributed by atoms with Gasteiger partial charge in [0.25, 0.3) is 0 Å². The molecule has 0 radical (unpaired) electrons. The minimum absolute atomic E-state index is 0. The van der Waals surface area contributed by atoms with Gasteiger partial charge in [0, 0.05) is 45.6 Å². The van der Waals surface area contributed by atoms with E-state index in [0.717, 1.165) is 44.1 Å². The highest BCUT2D eigenvalue weighted by Crippen LogP contribution is 2.30. The van der Waals surface area contributed by atoms with Crippen LogP contribution in [0.3, 0.4) is 0 Å². The lowest BCUT2D eigenvalue weighted by molar-refractivity contribution is 0.143. The number of ether oxygens (including phenoxy) is 3. The molecule has 0 amide bonds. The lowest BCUT2D eigenvalue weighted by Gasteiger charge is -2.13. The van der Waals surface area contributed by atoms with Gasteiger partial charge in [-0.05, 0) is 44.4 Å². The van der Waals surface area contributed by atoms with Crippen molar-refractivity contribution >= 4 is 29.9 Å². The standard InChI is InChI=1S/C22H32N4O3.HI/c1-4-27-15-9-8-14-24-22(23-3)26-17-18-12-13-21(25-16-18)29-20-11-7-6-10-19(20)28-5-2;/h6-7,10-13,16H,4-5,8-9,14-15,17H2,1-3H3,(H2,23,24,26);1H. The Bertz CT molecular complexity index is 741. The van der Waals surface area contributed by atoms with Gasteiger partial charge in [0.2, 0.25) is 5.88 Å². The van der Waals surface area contributed by atoms with E-state index in [-0.39, 0.29) is 24.0 Å². The summed E-state index contributed by atoms with van der Waals surface area (Å²) in [5, 5.41) is 6.59. The Kier molecular flexibility index (Phi) is 13.6. The maximum absolute atomic E-state index is 5.85. The van der Waals surface area contributed by atoms with Gasteiger partial charge in [-0.25, -0.2) is 4.98 Å². The van der Waals surface area contributed by atoms with E-state index in [9.17, 15) is 0 Å². The third kappa shape index (κ3) is 9.62. The molecule has 0 aliphatic carbocycles. The van der Waals surface area contributed by atoms with Crippen molar-refractivity contribution in [3.63, 3.8) is 0 Å². The van der Waals surface area contributed by atoms with Crippen molar-refractivity contribution in [2.45, 2.75) is 33.2 Å². The Balaban J connectivity index is 0.00000450. The van der Waals surface area contributed by atoms with Gasteiger partial charge < -0.3 is 24.8 Å². The number of pyridine rings is 1. The first-order chi connectivity index (χ1) is 14.3. The molecule has 0 atom stereocenters. The minimum Gasteiger partial charge on any atom is -0.490 e. The Labute approximate surface area is 196 Å². The van der Waals surface area contributed by atoms with Gasteiger partial charge in [-0.2, -0.15) is 0 Å². The number of para-hydroxylation sites is 2. The van der Waals surface area contributed by atoms with Gasteiger partial charge in [0.15, 0.2) is 17.5 Å². The summed E-state index contributed by atoms with van der Waals surface area (Å²) in [5.74, 6) is 2.66. The fourth-order valence-corrected chi connectivity index (χ4v) is 2.58. The van der Waals surface area contributed by atoms with Crippen LogP contribution in [0.1, 0.15) is 32.3 Å². The van der Waals surface area contributed by atoms with Crippen LogP contribution >= 0.6 is 24.0 Å². The zero-order valence-electron chi connectivity index (χ0n) is 18.0. The highest BCUT2D eigenvalue weighted by atomic mass is 127. The average Bonchev–Trinajstić information content (AvgIpc) is 2.75. The van der Waals surface area contributed by atoms with Crippen molar-refractivity contribution in [3.05, 3.63) is 48.2 Å². The minimum atomic E-state index is 0. The van der Waals surface area contributed by atoms with Crippen LogP contribution in [-0.4, -0.2) is 44.4 Å². The van der Waals surface area contributed by atoms with Crippen LogP contribution in [0.2, 0.25) is 0 Å². The summed E-state index contributed by atoms with van der Waals surface area (Å²) in [6, 6.07) is 11.4. The second kappa shape index (κ2) is 15.7. The largest absolute Gasteiger partial charge is 0.490 e. The summed E-state index contributed by atoms with van der Waals surface area (Å²) in [6.45, 7) is 7.60. The number of guanidine groups is 1. The molecule has 0 fully saturated rings. The smallest absolute Gasteiger partial charge is 0.219 e. The Morgan fingerprint density at radius 3 is 2.47 bits per heavy atom. The summed E-state index contributed by atoms with van der Waals surface area (Å²) in [7, 11) is 1.76. The normalized spacial score (nSPS) is 10.8. The first-order valence-electron chi connectivity index (χ1n) is 10.1. The van der Waals surface area contributed by atoms with Crippen molar-refractivity contribution in [2.75, 3.05) is 33.4 Å². The number of aliphatic imine (C=N–C) groups is 1. The highest BCUT2D eigenvalue weighted by Gasteiger charge is 2.06. The number of hydrogen-bond acceptors (Lipinski definition) is 5. The molecule has 8 heteroatoms. The topological polar surface area (TPSA) is 77.0 Å². The molecule has 1 aromatic heterocycles. The number of unbranched alkanes of at least 4 members (excludes halogenated alkanes) is 1. The van der Waals surface area contributed by atoms with E-state index in [0.29, 0.717) is 30.5 Å². The van der Waals surface area contributed by atoms with Crippen molar-refractivity contribution in [3.8, 4) is 17.4 Å². The summed E-state index contributed by atoms with van der Waals surface area (Å²) >= 11 is 0. The Morgan fingerprint density at radius 2 is 1.80 bits per heavy atom. The lowest BCUT2D eigenvalue weighted by atomic mass is 10.3. The van der Waals surface area contributed by atoms with Crippen LogP contribution in [0.4, 0.5) is 0 Å². The molecule has 0 saturated carbocycles. The van der Waals surface area contributed by atoms with Crippen molar-refractivity contribution in [1.82, 2.24) is 15.6 Å². The molecule has 0 aliphatic heterocycles. The molecule has 2 N–H and O–H groups in total. The van der Waals surface area contributed by atoms with E-state index in [1.54, 1.807) is 13.2 Å². The van der Waals surface area contributed by atoms with E-state index in [1.165, 1.54) is 0 Å². The predicted molar refractivity (Wildman–Crippen MR) is 131 cm³/mol. The van der Waals surface area contributed by atoms with Crippen molar-refractivity contribution in [2.24, 2.45) is 4.99 Å². The summed E-state index contributed by atoms with van der Waals surface area (Å²) in [5.41, 5.74) is 1.04. The highest BCUT2D eigenvalue weighted by molar-refractivity contribution is 14.0. The Hall–Kier alpha value is -2.07. The SMILES string of the molecule is CCOCCCCNC(=NC)NCc1ccc(Oc2ccccc2OCC)nc1.I. The monoisotopic (exact) mass is 528 g/mol. The predicted octanol–water partition coefficient (Wildman–Crippen LogP) is 4.37. The first kappa shape index (κ1) is 26.0. The third-order valence-corrected chi connectivity index (χ3v) is 4.06. The average molecular weight is 528 g/mol. The fraction of sp³-hybridized carbons (Fsp3) is 0.455. The molecule has 0 bridgehead atoms. The fourth-order valence-electron chi connectivity index (χ4n) is 2.58. The van der Waals surface area contributed by atoms with Gasteiger partial charge in [-0.3, -0.25) is 4.99 Å². The number of rotatable bonds is 12. The number of nitrogens with zero attached hydrogens (tertiary/aromatic N) is 2. The molecular weight excluding hydrogens is 495 g/mol. The second-order valence-corrected chi connectivity index (χ2v) is 6.24. The van der Waals surface area contributed by atoms with E-state index >= 15 is 0 Å². The Morgan fingerprint density at radius 1 is 1.00 bits per heavy atom. The van der Waals surface area contributed by atoms with Gasteiger partial charge in [-0.15, -0.1) is 24.0 Å². The number of benzene rings is 1. The first-order valence-corrected chi connectivity index (χ1v) is 10.1. The molecule has 0 aliphatic rings. The van der Waals surface area contributed by atoms with Crippen LogP contribution in [-0.2, 0) is 11.3 Å². The van der Waals surface area contributed by atoms with Gasteiger partial charge in [-0.1, -0.05) is 18.2 Å². The zero-order valence-corrected chi connectivity index (χ0v) is 20.3. The summed E-state index contributed by atoms with van der Waals surface area (Å²) in [6.07, 6.45) is 3.87. The van der Waals surface area contributed by atoms with E-state index in [2.05, 4.69) is 20.6 Å². The molecule has 1 heterocycles. The number of aromatic nitrogens is 1. The van der Waals surface area contributed by atoms with Crippen molar-refractivity contribution < 1.29 is 14.2 Å². The maximum Gasteiger partial charge on any atom is 0.219 e. The molecule has 1 aromatic carbocycles. The molecule has 0 saturated heterocycles. The lowest BCUT2D eigenvalue weighted by Crippen LogP contribution is -2.37. The third-order valence-electron chi connectivity index (χ3n) is 4.06. The molecule has 30 heavy (non-hydrogen) atoms. The summed E-state index contributed by atoms with van der Waals surface area (Å²) in [4.78, 5) is 8.63. The number of halogens is 1. The molecule has 0 unspecified atom stereocenters. The molecule has 7 nitrogen and oxygen atoms in total.